The summed E-state index contributed by atoms with van der Waals surface area (Å²) in [5.41, 5.74) is 3.81. The number of nitrogens with zero attached hydrogens (tertiary/aromatic N) is 2. The lowest BCUT2D eigenvalue weighted by atomic mass is 10.1. The maximum absolute atomic E-state index is 13.3. The van der Waals surface area contributed by atoms with Gasteiger partial charge in [-0.05, 0) is 17.7 Å². The summed E-state index contributed by atoms with van der Waals surface area (Å²) in [6.07, 6.45) is 2.63. The fourth-order valence-corrected chi connectivity index (χ4v) is 3.69. The van der Waals surface area contributed by atoms with Crippen molar-refractivity contribution in [2.75, 3.05) is 18.5 Å². The summed E-state index contributed by atoms with van der Waals surface area (Å²) >= 11 is 0. The van der Waals surface area contributed by atoms with E-state index in [-0.39, 0.29) is 5.91 Å². The molecule has 0 fully saturated rings. The molecule has 5 rings (SSSR count). The second-order valence-electron chi connectivity index (χ2n) is 7.61. The molecule has 32 heavy (non-hydrogen) atoms. The minimum absolute atomic E-state index is 0.224. The average Bonchev–Trinajstić information content (AvgIpc) is 3.11. The van der Waals surface area contributed by atoms with Crippen molar-refractivity contribution < 1.29 is 14.3 Å². The Kier molecular flexibility index (Phi) is 5.58. The Bertz CT molecular complexity index is 1220. The maximum Gasteiger partial charge on any atom is 0.259 e. The van der Waals surface area contributed by atoms with Gasteiger partial charge in [0.1, 0.15) is 5.69 Å². The zero-order valence-corrected chi connectivity index (χ0v) is 17.5. The summed E-state index contributed by atoms with van der Waals surface area (Å²) in [7, 11) is 0. The molecule has 0 saturated heterocycles. The van der Waals surface area contributed by atoms with Gasteiger partial charge in [0, 0.05) is 29.9 Å². The Balaban J connectivity index is 1.45. The lowest BCUT2D eigenvalue weighted by molar-refractivity contribution is 0.102. The highest BCUT2D eigenvalue weighted by Gasteiger charge is 2.19. The molecule has 0 radical (unpaired) electrons. The van der Waals surface area contributed by atoms with Gasteiger partial charge in [0.25, 0.3) is 5.91 Å². The first-order chi connectivity index (χ1) is 15.8. The Labute approximate surface area is 186 Å². The molecule has 0 saturated carbocycles. The summed E-state index contributed by atoms with van der Waals surface area (Å²) in [5, 5.41) is 7.72. The average molecular weight is 425 g/mol. The molecule has 0 aliphatic carbocycles. The van der Waals surface area contributed by atoms with E-state index in [1.807, 2.05) is 72.8 Å². The fraction of sp³-hybridized carbons (Fsp3) is 0.154. The highest BCUT2D eigenvalue weighted by atomic mass is 16.5. The summed E-state index contributed by atoms with van der Waals surface area (Å²) in [6.45, 7) is 1.80. The van der Waals surface area contributed by atoms with Gasteiger partial charge in [0.15, 0.2) is 11.5 Å². The number of anilines is 1. The van der Waals surface area contributed by atoms with Crippen LogP contribution in [0.4, 0.5) is 5.69 Å². The molecular weight excluding hydrogens is 402 g/mol. The Morgan fingerprint density at radius 1 is 0.906 bits per heavy atom. The van der Waals surface area contributed by atoms with Crippen LogP contribution in [0.5, 0.6) is 11.5 Å². The van der Waals surface area contributed by atoms with Gasteiger partial charge in [-0.3, -0.25) is 9.48 Å². The van der Waals surface area contributed by atoms with Gasteiger partial charge in [-0.2, -0.15) is 5.10 Å². The second kappa shape index (κ2) is 8.98. The first kappa shape index (κ1) is 19.9. The molecule has 4 aromatic rings. The standard InChI is InChI=1S/C26H23N3O3/c30-26(27-21-12-13-23-24(16-21)32-15-7-14-31-23)22-18-29(17-19-8-3-1-4-9-19)28-25(22)20-10-5-2-6-11-20/h1-6,8-13,16,18H,7,14-15,17H2,(H,27,30). The van der Waals surface area contributed by atoms with E-state index in [9.17, 15) is 4.79 Å². The molecule has 0 unspecified atom stereocenters. The van der Waals surface area contributed by atoms with Gasteiger partial charge in [-0.1, -0.05) is 60.7 Å². The number of hydrogen-bond donors (Lipinski definition) is 1. The Morgan fingerprint density at radius 3 is 2.41 bits per heavy atom. The first-order valence-corrected chi connectivity index (χ1v) is 10.6. The highest BCUT2D eigenvalue weighted by molar-refractivity contribution is 6.08. The summed E-state index contributed by atoms with van der Waals surface area (Å²) in [6, 6.07) is 25.3. The monoisotopic (exact) mass is 425 g/mol. The van der Waals surface area contributed by atoms with Crippen molar-refractivity contribution in [2.45, 2.75) is 13.0 Å². The van der Waals surface area contributed by atoms with E-state index in [4.69, 9.17) is 14.6 Å². The molecule has 0 bridgehead atoms. The van der Waals surface area contributed by atoms with Gasteiger partial charge < -0.3 is 14.8 Å². The third-order valence-electron chi connectivity index (χ3n) is 5.25. The molecule has 1 amide bonds. The van der Waals surface area contributed by atoms with Crippen molar-refractivity contribution in [3.05, 3.63) is 96.2 Å². The van der Waals surface area contributed by atoms with Crippen molar-refractivity contribution in [3.8, 4) is 22.8 Å². The van der Waals surface area contributed by atoms with E-state index in [1.54, 1.807) is 16.9 Å². The number of fused-ring (bicyclic) bond motifs is 1. The number of aromatic nitrogens is 2. The number of carbonyl (C=O) groups is 1. The largest absolute Gasteiger partial charge is 0.490 e. The predicted molar refractivity (Wildman–Crippen MR) is 123 cm³/mol. The van der Waals surface area contributed by atoms with E-state index in [2.05, 4.69) is 5.32 Å². The number of nitrogens with one attached hydrogen (secondary N) is 1. The van der Waals surface area contributed by atoms with Crippen molar-refractivity contribution in [3.63, 3.8) is 0 Å². The van der Waals surface area contributed by atoms with Crippen molar-refractivity contribution >= 4 is 11.6 Å². The SMILES string of the molecule is O=C(Nc1ccc2c(c1)OCCCO2)c1cn(Cc2ccccc2)nc1-c1ccccc1. The molecule has 2 heterocycles. The van der Waals surface area contributed by atoms with Crippen LogP contribution in [0.3, 0.4) is 0 Å². The molecule has 3 aromatic carbocycles. The summed E-state index contributed by atoms with van der Waals surface area (Å²) < 4.78 is 13.2. The molecule has 160 valence electrons. The highest BCUT2D eigenvalue weighted by Crippen LogP contribution is 2.33. The van der Waals surface area contributed by atoms with Crippen LogP contribution in [0.15, 0.2) is 85.1 Å². The molecule has 6 heteroatoms. The van der Waals surface area contributed by atoms with E-state index in [0.29, 0.717) is 48.2 Å². The lowest BCUT2D eigenvalue weighted by Gasteiger charge is -2.10. The zero-order chi connectivity index (χ0) is 21.8. The number of carbonyl (C=O) groups excluding carboxylic acids is 1. The van der Waals surface area contributed by atoms with Crippen molar-refractivity contribution in [2.24, 2.45) is 0 Å². The molecule has 0 spiro atoms. The smallest absolute Gasteiger partial charge is 0.259 e. The molecule has 0 atom stereocenters. The van der Waals surface area contributed by atoms with Gasteiger partial charge in [-0.25, -0.2) is 0 Å². The van der Waals surface area contributed by atoms with Crippen molar-refractivity contribution in [1.82, 2.24) is 9.78 Å². The third-order valence-corrected chi connectivity index (χ3v) is 5.25. The number of ether oxygens (including phenoxy) is 2. The van der Waals surface area contributed by atoms with Crippen LogP contribution in [0, 0.1) is 0 Å². The molecular formula is C26H23N3O3. The maximum atomic E-state index is 13.3. The van der Waals surface area contributed by atoms with Crippen LogP contribution in [0.1, 0.15) is 22.3 Å². The van der Waals surface area contributed by atoms with Crippen LogP contribution in [0.25, 0.3) is 11.3 Å². The molecule has 1 aliphatic rings. The molecule has 1 aromatic heterocycles. The quantitative estimate of drug-likeness (QED) is 0.488. The lowest BCUT2D eigenvalue weighted by Crippen LogP contribution is -2.12. The Hall–Kier alpha value is -4.06. The van der Waals surface area contributed by atoms with E-state index in [0.717, 1.165) is 17.5 Å². The molecule has 1 N–H and O–H groups in total. The Morgan fingerprint density at radius 2 is 1.62 bits per heavy atom. The second-order valence-corrected chi connectivity index (χ2v) is 7.61. The van der Waals surface area contributed by atoms with Crippen LogP contribution in [0.2, 0.25) is 0 Å². The third kappa shape index (κ3) is 4.34. The fourth-order valence-electron chi connectivity index (χ4n) is 3.69. The van der Waals surface area contributed by atoms with Crippen LogP contribution >= 0.6 is 0 Å². The predicted octanol–water partition coefficient (Wildman–Crippen LogP) is 5.01. The molecule has 1 aliphatic heterocycles. The van der Waals surface area contributed by atoms with Gasteiger partial charge in [-0.15, -0.1) is 0 Å². The van der Waals surface area contributed by atoms with Crippen molar-refractivity contribution in [1.29, 1.82) is 0 Å². The normalized spacial score (nSPS) is 12.8. The summed E-state index contributed by atoms with van der Waals surface area (Å²) in [4.78, 5) is 13.3. The van der Waals surface area contributed by atoms with E-state index in [1.165, 1.54) is 0 Å². The summed E-state index contributed by atoms with van der Waals surface area (Å²) in [5.74, 6) is 1.11. The first-order valence-electron chi connectivity index (χ1n) is 10.6. The van der Waals surface area contributed by atoms with Gasteiger partial charge in [0.2, 0.25) is 0 Å². The minimum Gasteiger partial charge on any atom is -0.490 e. The molecule has 6 nitrogen and oxygen atoms in total. The number of hydrogen-bond acceptors (Lipinski definition) is 4. The van der Waals surface area contributed by atoms with Crippen LogP contribution < -0.4 is 14.8 Å². The van der Waals surface area contributed by atoms with Gasteiger partial charge >= 0.3 is 0 Å². The number of rotatable bonds is 5. The topological polar surface area (TPSA) is 65.4 Å². The zero-order valence-electron chi connectivity index (χ0n) is 17.5. The minimum atomic E-state index is -0.224. The van der Waals surface area contributed by atoms with E-state index < -0.39 is 0 Å². The number of amides is 1. The van der Waals surface area contributed by atoms with E-state index >= 15 is 0 Å². The van der Waals surface area contributed by atoms with Crippen LogP contribution in [-0.4, -0.2) is 28.9 Å². The van der Waals surface area contributed by atoms with Crippen LogP contribution in [-0.2, 0) is 6.54 Å². The van der Waals surface area contributed by atoms with Gasteiger partial charge in [0.05, 0.1) is 25.3 Å². The number of benzene rings is 3.